The summed E-state index contributed by atoms with van der Waals surface area (Å²) in [5.41, 5.74) is 8.12. The first-order valence-corrected chi connectivity index (χ1v) is 9.37. The topological polar surface area (TPSA) is 25.8 Å². The summed E-state index contributed by atoms with van der Waals surface area (Å²) >= 11 is 0. The molecule has 0 aliphatic heterocycles. The van der Waals surface area contributed by atoms with Crippen molar-refractivity contribution in [1.29, 1.82) is 0 Å². The van der Waals surface area contributed by atoms with Crippen molar-refractivity contribution in [2.45, 2.75) is 38.5 Å². The highest BCUT2D eigenvalue weighted by Crippen LogP contribution is 2.34. The molecule has 0 saturated heterocycles. The summed E-state index contributed by atoms with van der Waals surface area (Å²) in [6.07, 6.45) is 11.1. The van der Waals surface area contributed by atoms with Crippen molar-refractivity contribution >= 4 is 11.6 Å². The van der Waals surface area contributed by atoms with Crippen LogP contribution in [-0.2, 0) is 11.8 Å². The average molecular weight is 338 g/mol. The number of fused-ring (bicyclic) bond motifs is 5. The normalized spacial score (nSPS) is 16.9. The molecule has 1 aromatic heterocycles. The van der Waals surface area contributed by atoms with Crippen LogP contribution in [0.3, 0.4) is 0 Å². The Hall–Kier alpha value is -2.74. The summed E-state index contributed by atoms with van der Waals surface area (Å²) in [7, 11) is 0. The van der Waals surface area contributed by atoms with Gasteiger partial charge in [-0.25, -0.2) is 0 Å². The van der Waals surface area contributed by atoms with Crippen LogP contribution in [0.4, 0.5) is 0 Å². The molecule has 128 valence electrons. The third-order valence-electron chi connectivity index (χ3n) is 5.98. The van der Waals surface area contributed by atoms with Crippen LogP contribution in [0.1, 0.15) is 43.5 Å². The molecule has 1 heterocycles. The van der Waals surface area contributed by atoms with Gasteiger partial charge in [0.1, 0.15) is 0 Å². The van der Waals surface area contributed by atoms with Crippen LogP contribution in [-0.4, -0.2) is 9.97 Å². The lowest BCUT2D eigenvalue weighted by molar-refractivity contribution is 0.473. The number of hydrogen-bond acceptors (Lipinski definition) is 2. The molecule has 26 heavy (non-hydrogen) atoms. The minimum Gasteiger partial charge on any atom is -0.261 e. The van der Waals surface area contributed by atoms with Gasteiger partial charge in [-0.2, -0.15) is 0 Å². The maximum atomic E-state index is 4.63. The number of aromatic nitrogens is 2. The lowest BCUT2D eigenvalue weighted by Gasteiger charge is -2.32. The monoisotopic (exact) mass is 338 g/mol. The van der Waals surface area contributed by atoms with Crippen molar-refractivity contribution in [3.8, 4) is 11.1 Å². The first-order valence-electron chi connectivity index (χ1n) is 9.37. The molecule has 2 aliphatic rings. The van der Waals surface area contributed by atoms with Gasteiger partial charge in [0, 0.05) is 12.4 Å². The molecular weight excluding hydrogens is 316 g/mol. The molecule has 0 atom stereocenters. The minimum atomic E-state index is 0.181. The van der Waals surface area contributed by atoms with E-state index in [1.165, 1.54) is 38.3 Å². The summed E-state index contributed by atoms with van der Waals surface area (Å²) in [6.45, 7) is 4.73. The van der Waals surface area contributed by atoms with Gasteiger partial charge >= 0.3 is 0 Å². The van der Waals surface area contributed by atoms with Gasteiger partial charge in [0.25, 0.3) is 0 Å². The Labute approximate surface area is 154 Å². The van der Waals surface area contributed by atoms with Gasteiger partial charge < -0.3 is 0 Å². The predicted octanol–water partition coefficient (Wildman–Crippen LogP) is 3.75. The van der Waals surface area contributed by atoms with Crippen LogP contribution in [0.25, 0.3) is 22.8 Å². The van der Waals surface area contributed by atoms with E-state index in [9.17, 15) is 0 Å². The molecule has 2 aromatic carbocycles. The fourth-order valence-corrected chi connectivity index (χ4v) is 4.54. The Morgan fingerprint density at radius 3 is 2.69 bits per heavy atom. The van der Waals surface area contributed by atoms with E-state index >= 15 is 0 Å². The summed E-state index contributed by atoms with van der Waals surface area (Å²) in [5.74, 6) is 0. The highest BCUT2D eigenvalue weighted by molar-refractivity contribution is 5.76. The second kappa shape index (κ2) is 5.63. The highest BCUT2D eigenvalue weighted by Gasteiger charge is 2.29. The molecule has 2 aliphatic carbocycles. The van der Waals surface area contributed by atoms with Crippen LogP contribution < -0.4 is 10.4 Å². The lowest BCUT2D eigenvalue weighted by atomic mass is 9.72. The van der Waals surface area contributed by atoms with Crippen molar-refractivity contribution in [2.24, 2.45) is 0 Å². The first kappa shape index (κ1) is 15.5. The zero-order valence-corrected chi connectivity index (χ0v) is 15.3. The van der Waals surface area contributed by atoms with Crippen molar-refractivity contribution in [3.05, 3.63) is 82.2 Å². The quantitative estimate of drug-likeness (QED) is 0.675. The molecule has 0 N–H and O–H groups in total. The zero-order valence-electron chi connectivity index (χ0n) is 15.3. The number of nitrogens with zero attached hydrogens (tertiary/aromatic N) is 2. The Bertz CT molecular complexity index is 1120. The van der Waals surface area contributed by atoms with E-state index in [0.29, 0.717) is 0 Å². The molecule has 0 bridgehead atoms. The van der Waals surface area contributed by atoms with E-state index in [-0.39, 0.29) is 5.41 Å². The van der Waals surface area contributed by atoms with E-state index in [0.717, 1.165) is 25.0 Å². The number of benzene rings is 2. The molecule has 0 fully saturated rings. The van der Waals surface area contributed by atoms with Gasteiger partial charge in [0.15, 0.2) is 0 Å². The van der Waals surface area contributed by atoms with E-state index in [2.05, 4.69) is 66.3 Å². The number of rotatable bonds is 1. The Morgan fingerprint density at radius 2 is 1.85 bits per heavy atom. The smallest absolute Gasteiger partial charge is 0.0851 e. The lowest BCUT2D eigenvalue weighted by Crippen LogP contribution is -2.42. The fourth-order valence-electron chi connectivity index (χ4n) is 4.54. The van der Waals surface area contributed by atoms with Crippen molar-refractivity contribution in [2.75, 3.05) is 0 Å². The van der Waals surface area contributed by atoms with E-state index in [1.807, 2.05) is 6.20 Å². The second-order valence-corrected chi connectivity index (χ2v) is 7.97. The van der Waals surface area contributed by atoms with Gasteiger partial charge in [0.05, 0.1) is 11.9 Å². The van der Waals surface area contributed by atoms with Crippen LogP contribution >= 0.6 is 0 Å². The van der Waals surface area contributed by atoms with Gasteiger partial charge in [-0.05, 0) is 62.9 Å². The first-order chi connectivity index (χ1) is 12.6. The fraction of sp³-hybridized carbons (Fsp3) is 0.250. The van der Waals surface area contributed by atoms with Crippen molar-refractivity contribution in [1.82, 2.24) is 9.97 Å². The van der Waals surface area contributed by atoms with Crippen molar-refractivity contribution in [3.63, 3.8) is 0 Å². The highest BCUT2D eigenvalue weighted by atomic mass is 14.8. The molecule has 0 spiro atoms. The Morgan fingerprint density at radius 1 is 0.962 bits per heavy atom. The van der Waals surface area contributed by atoms with E-state index in [4.69, 9.17) is 0 Å². The molecule has 5 rings (SSSR count). The molecular formula is C24H22N2. The molecule has 2 heteroatoms. The second-order valence-electron chi connectivity index (χ2n) is 7.97. The standard InChI is InChI=1S/C24H22N2/c1-24(2)12-11-20(22-15-25-13-14-26-22)23-19-8-7-16-5-3-4-6-17(16)18(19)9-10-21(23)24/h3-6,8-10,13-15H,7,11-12H2,1-2H3. The molecule has 2 nitrogen and oxygen atoms in total. The SMILES string of the molecule is CC1(C)CCC(c2cnccn2)=c2c1ccc1c2=CCc2ccccc2-1. The molecule has 0 unspecified atom stereocenters. The third-order valence-corrected chi connectivity index (χ3v) is 5.98. The predicted molar refractivity (Wildman–Crippen MR) is 106 cm³/mol. The van der Waals surface area contributed by atoms with Crippen LogP contribution in [0, 0.1) is 0 Å². The largest absolute Gasteiger partial charge is 0.261 e. The van der Waals surface area contributed by atoms with Gasteiger partial charge in [-0.3, -0.25) is 9.97 Å². The zero-order chi connectivity index (χ0) is 17.7. The minimum absolute atomic E-state index is 0.181. The van der Waals surface area contributed by atoms with Gasteiger partial charge in [-0.1, -0.05) is 56.3 Å². The molecule has 3 aromatic rings. The summed E-state index contributed by atoms with van der Waals surface area (Å²) in [4.78, 5) is 8.95. The Balaban J connectivity index is 1.93. The Kier molecular flexibility index (Phi) is 3.36. The van der Waals surface area contributed by atoms with E-state index in [1.54, 1.807) is 12.4 Å². The molecule has 0 radical (unpaired) electrons. The van der Waals surface area contributed by atoms with Gasteiger partial charge in [-0.15, -0.1) is 0 Å². The van der Waals surface area contributed by atoms with Crippen LogP contribution in [0.2, 0.25) is 0 Å². The summed E-state index contributed by atoms with van der Waals surface area (Å²) in [6, 6.07) is 13.4. The van der Waals surface area contributed by atoms with Crippen LogP contribution in [0.15, 0.2) is 55.0 Å². The maximum Gasteiger partial charge on any atom is 0.0851 e. The number of hydrogen-bond donors (Lipinski definition) is 0. The summed E-state index contributed by atoms with van der Waals surface area (Å²) in [5, 5.41) is 2.78. The average Bonchev–Trinajstić information content (AvgIpc) is 2.68. The summed E-state index contributed by atoms with van der Waals surface area (Å²) < 4.78 is 0. The van der Waals surface area contributed by atoms with Crippen molar-refractivity contribution < 1.29 is 0 Å². The van der Waals surface area contributed by atoms with Crippen LogP contribution in [0.5, 0.6) is 0 Å². The van der Waals surface area contributed by atoms with Gasteiger partial charge in [0.2, 0.25) is 0 Å². The molecule has 0 amide bonds. The molecule has 0 saturated carbocycles. The maximum absolute atomic E-state index is 4.63. The van der Waals surface area contributed by atoms with E-state index < -0.39 is 0 Å². The third kappa shape index (κ3) is 2.25.